The van der Waals surface area contributed by atoms with Crippen LogP contribution in [0.15, 0.2) is 27.7 Å². The molecular formula is C12H14BrFN4O. The van der Waals surface area contributed by atoms with E-state index in [0.29, 0.717) is 23.1 Å². The molecule has 1 saturated heterocycles. The van der Waals surface area contributed by atoms with Gasteiger partial charge in [0.25, 0.3) is 5.91 Å². The Labute approximate surface area is 118 Å². The lowest BCUT2D eigenvalue weighted by Crippen LogP contribution is -2.37. The molecule has 0 aliphatic carbocycles. The normalized spacial score (nSPS) is 18.4. The third-order valence-corrected chi connectivity index (χ3v) is 3.49. The van der Waals surface area contributed by atoms with Crippen molar-refractivity contribution in [2.75, 3.05) is 11.4 Å². The molecule has 0 saturated carbocycles. The van der Waals surface area contributed by atoms with Crippen LogP contribution in [0.2, 0.25) is 0 Å². The van der Waals surface area contributed by atoms with E-state index in [-0.39, 0.29) is 11.8 Å². The minimum Gasteiger partial charge on any atom is -0.370 e. The van der Waals surface area contributed by atoms with Gasteiger partial charge < -0.3 is 16.4 Å². The summed E-state index contributed by atoms with van der Waals surface area (Å²) in [4.78, 5) is 17.1. The van der Waals surface area contributed by atoms with Gasteiger partial charge in [0.15, 0.2) is 5.96 Å². The monoisotopic (exact) mass is 328 g/mol. The molecule has 7 heteroatoms. The van der Waals surface area contributed by atoms with Gasteiger partial charge in [-0.15, -0.1) is 0 Å². The van der Waals surface area contributed by atoms with E-state index in [2.05, 4.69) is 20.9 Å². The summed E-state index contributed by atoms with van der Waals surface area (Å²) in [6.45, 7) is 0.606. The number of aliphatic imine (C=N–C) groups is 1. The highest BCUT2D eigenvalue weighted by atomic mass is 79.9. The SMILES string of the molecule is NC(N)=NC(=O)C1CCCN1c1ccc(Br)cc1F. The Morgan fingerprint density at radius 3 is 2.84 bits per heavy atom. The maximum Gasteiger partial charge on any atom is 0.271 e. The first-order valence-electron chi connectivity index (χ1n) is 5.84. The number of hydrogen-bond donors (Lipinski definition) is 2. The number of carbonyl (C=O) groups is 1. The van der Waals surface area contributed by atoms with Crippen LogP contribution in [0.25, 0.3) is 0 Å². The first-order valence-corrected chi connectivity index (χ1v) is 6.63. The number of benzene rings is 1. The topological polar surface area (TPSA) is 84.7 Å². The van der Waals surface area contributed by atoms with Crippen molar-refractivity contribution in [3.63, 3.8) is 0 Å². The lowest BCUT2D eigenvalue weighted by molar-refractivity contribution is -0.118. The zero-order valence-electron chi connectivity index (χ0n) is 10.1. The maximum atomic E-state index is 13.9. The second-order valence-corrected chi connectivity index (χ2v) is 5.24. The van der Waals surface area contributed by atoms with Crippen LogP contribution in [0.5, 0.6) is 0 Å². The number of rotatable bonds is 2. The van der Waals surface area contributed by atoms with E-state index in [4.69, 9.17) is 11.5 Å². The predicted molar refractivity (Wildman–Crippen MR) is 75.3 cm³/mol. The van der Waals surface area contributed by atoms with Gasteiger partial charge in [-0.2, -0.15) is 4.99 Å². The van der Waals surface area contributed by atoms with Crippen LogP contribution in [-0.4, -0.2) is 24.5 Å². The molecule has 1 unspecified atom stereocenters. The number of halogens is 2. The van der Waals surface area contributed by atoms with Crippen LogP contribution in [-0.2, 0) is 4.79 Å². The maximum absolute atomic E-state index is 13.9. The number of anilines is 1. The van der Waals surface area contributed by atoms with Gasteiger partial charge in [0.1, 0.15) is 11.9 Å². The lowest BCUT2D eigenvalue weighted by Gasteiger charge is -2.24. The first kappa shape index (κ1) is 13.8. The van der Waals surface area contributed by atoms with E-state index in [9.17, 15) is 9.18 Å². The largest absolute Gasteiger partial charge is 0.370 e. The van der Waals surface area contributed by atoms with Crippen LogP contribution in [0, 0.1) is 5.82 Å². The van der Waals surface area contributed by atoms with E-state index in [1.54, 1.807) is 17.0 Å². The Morgan fingerprint density at radius 1 is 1.47 bits per heavy atom. The molecule has 1 aliphatic heterocycles. The van der Waals surface area contributed by atoms with Gasteiger partial charge in [-0.25, -0.2) is 4.39 Å². The highest BCUT2D eigenvalue weighted by Crippen LogP contribution is 2.30. The van der Waals surface area contributed by atoms with Crippen molar-refractivity contribution in [2.45, 2.75) is 18.9 Å². The minimum atomic E-state index is -0.502. The van der Waals surface area contributed by atoms with Gasteiger partial charge in [-0.3, -0.25) is 4.79 Å². The van der Waals surface area contributed by atoms with Crippen molar-refractivity contribution in [1.82, 2.24) is 0 Å². The van der Waals surface area contributed by atoms with Crippen molar-refractivity contribution in [1.29, 1.82) is 0 Å². The highest BCUT2D eigenvalue weighted by molar-refractivity contribution is 9.10. The molecule has 1 aromatic carbocycles. The van der Waals surface area contributed by atoms with Crippen LogP contribution in [0.3, 0.4) is 0 Å². The van der Waals surface area contributed by atoms with E-state index >= 15 is 0 Å². The zero-order valence-corrected chi connectivity index (χ0v) is 11.7. The van der Waals surface area contributed by atoms with Crippen LogP contribution >= 0.6 is 15.9 Å². The smallest absolute Gasteiger partial charge is 0.271 e. The van der Waals surface area contributed by atoms with Crippen LogP contribution < -0.4 is 16.4 Å². The number of guanidine groups is 1. The molecule has 1 aliphatic rings. The predicted octanol–water partition coefficient (Wildman–Crippen LogP) is 1.36. The molecular weight excluding hydrogens is 315 g/mol. The average Bonchev–Trinajstić information content (AvgIpc) is 2.76. The molecule has 5 nitrogen and oxygen atoms in total. The van der Waals surface area contributed by atoms with Crippen LogP contribution in [0.1, 0.15) is 12.8 Å². The fourth-order valence-electron chi connectivity index (χ4n) is 2.23. The van der Waals surface area contributed by atoms with Gasteiger partial charge in [-0.05, 0) is 31.0 Å². The molecule has 0 spiro atoms. The summed E-state index contributed by atoms with van der Waals surface area (Å²) in [7, 11) is 0. The molecule has 19 heavy (non-hydrogen) atoms. The van der Waals surface area contributed by atoms with Gasteiger partial charge in [0.2, 0.25) is 0 Å². The van der Waals surface area contributed by atoms with Gasteiger partial charge in [-0.1, -0.05) is 15.9 Å². The molecule has 1 aromatic rings. The van der Waals surface area contributed by atoms with Crippen LogP contribution in [0.4, 0.5) is 10.1 Å². The van der Waals surface area contributed by atoms with Gasteiger partial charge in [0.05, 0.1) is 5.69 Å². The van der Waals surface area contributed by atoms with E-state index < -0.39 is 11.9 Å². The summed E-state index contributed by atoms with van der Waals surface area (Å²) >= 11 is 3.20. The molecule has 0 bridgehead atoms. The second kappa shape index (κ2) is 5.56. The molecule has 102 valence electrons. The van der Waals surface area contributed by atoms with E-state index in [0.717, 1.165) is 6.42 Å². The summed E-state index contributed by atoms with van der Waals surface area (Å²) < 4.78 is 14.6. The molecule has 1 amide bonds. The third kappa shape index (κ3) is 3.04. The molecule has 1 heterocycles. The van der Waals surface area contributed by atoms with Gasteiger partial charge in [0, 0.05) is 11.0 Å². The van der Waals surface area contributed by atoms with Gasteiger partial charge >= 0.3 is 0 Å². The average molecular weight is 329 g/mol. The Kier molecular flexibility index (Phi) is 4.04. The van der Waals surface area contributed by atoms with Crippen molar-refractivity contribution >= 4 is 33.5 Å². The summed E-state index contributed by atoms with van der Waals surface area (Å²) in [5.74, 6) is -1.08. The number of carbonyl (C=O) groups excluding carboxylic acids is 1. The molecule has 4 N–H and O–H groups in total. The Hall–Kier alpha value is -1.63. The fourth-order valence-corrected chi connectivity index (χ4v) is 2.56. The fraction of sp³-hybridized carbons (Fsp3) is 0.333. The molecule has 2 rings (SSSR count). The Morgan fingerprint density at radius 2 is 2.21 bits per heavy atom. The quantitative estimate of drug-likeness (QED) is 0.634. The van der Waals surface area contributed by atoms with E-state index in [1.165, 1.54) is 6.07 Å². The summed E-state index contributed by atoms with van der Waals surface area (Å²) in [6, 6.07) is 4.24. The number of hydrogen-bond acceptors (Lipinski definition) is 2. The molecule has 0 radical (unpaired) electrons. The zero-order chi connectivity index (χ0) is 14.0. The number of amides is 1. The third-order valence-electron chi connectivity index (χ3n) is 3.00. The van der Waals surface area contributed by atoms with Crippen molar-refractivity contribution in [3.05, 3.63) is 28.5 Å². The van der Waals surface area contributed by atoms with Crippen molar-refractivity contribution in [3.8, 4) is 0 Å². The second-order valence-electron chi connectivity index (χ2n) is 4.32. The van der Waals surface area contributed by atoms with Crippen molar-refractivity contribution < 1.29 is 9.18 Å². The highest BCUT2D eigenvalue weighted by Gasteiger charge is 2.32. The Bertz CT molecular complexity index is 530. The Balaban J connectivity index is 2.28. The first-order chi connectivity index (χ1) is 8.99. The van der Waals surface area contributed by atoms with Crippen molar-refractivity contribution in [2.24, 2.45) is 16.5 Å². The number of nitrogens with zero attached hydrogens (tertiary/aromatic N) is 2. The molecule has 1 atom stereocenters. The molecule has 1 fully saturated rings. The molecule has 0 aromatic heterocycles. The summed E-state index contributed by atoms with van der Waals surface area (Å²) in [6.07, 6.45) is 1.41. The lowest BCUT2D eigenvalue weighted by atomic mass is 10.2. The summed E-state index contributed by atoms with van der Waals surface area (Å²) in [5.41, 5.74) is 10.8. The van der Waals surface area contributed by atoms with E-state index in [1.807, 2.05) is 0 Å². The minimum absolute atomic E-state index is 0.270. The summed E-state index contributed by atoms with van der Waals surface area (Å²) in [5, 5.41) is 0. The standard InChI is InChI=1S/C12H14BrFN4O/c13-7-3-4-9(8(14)6-7)18-5-1-2-10(18)11(19)17-12(15)16/h3-4,6,10H,1-2,5H2,(H4,15,16,17,19). The number of nitrogens with two attached hydrogens (primary N) is 2.